The number of amides is 1. The molecule has 0 bridgehead atoms. The molecular weight excluding hydrogens is 362 g/mol. The van der Waals surface area contributed by atoms with Gasteiger partial charge < -0.3 is 15.1 Å². The minimum Gasteiger partial charge on any atom is -0.392 e. The van der Waals surface area contributed by atoms with Crippen LogP contribution >= 0.6 is 0 Å². The Morgan fingerprint density at radius 1 is 1.21 bits per heavy atom. The first-order valence-electron chi connectivity index (χ1n) is 12.0. The van der Waals surface area contributed by atoms with Crippen molar-refractivity contribution in [2.24, 2.45) is 17.8 Å². The van der Waals surface area contributed by atoms with E-state index in [0.29, 0.717) is 18.3 Å². The lowest BCUT2D eigenvalue weighted by Gasteiger charge is -2.19. The third-order valence-electron chi connectivity index (χ3n) is 6.86. The number of fused-ring (bicyclic) bond motifs is 1. The number of aliphatic hydroxyl groups is 2. The third-order valence-corrected chi connectivity index (χ3v) is 6.86. The summed E-state index contributed by atoms with van der Waals surface area (Å²) < 4.78 is 0. The predicted molar refractivity (Wildman–Crippen MR) is 119 cm³/mol. The maximum absolute atomic E-state index is 12.1. The van der Waals surface area contributed by atoms with Gasteiger partial charge in [0.25, 0.3) is 0 Å². The van der Waals surface area contributed by atoms with Gasteiger partial charge in [0.1, 0.15) is 0 Å². The van der Waals surface area contributed by atoms with Crippen LogP contribution in [-0.2, 0) is 4.79 Å². The number of aliphatic hydroxyl groups excluding tert-OH is 2. The fraction of sp³-hybridized carbons (Fsp3) is 0.800. The summed E-state index contributed by atoms with van der Waals surface area (Å²) >= 11 is 0. The van der Waals surface area contributed by atoms with Crippen LogP contribution in [0.4, 0.5) is 0 Å². The van der Waals surface area contributed by atoms with Gasteiger partial charge in [-0.3, -0.25) is 4.79 Å². The van der Waals surface area contributed by atoms with Gasteiger partial charge in [0.15, 0.2) is 0 Å². The Kier molecular flexibility index (Phi) is 10.4. The van der Waals surface area contributed by atoms with Gasteiger partial charge in [-0.25, -0.2) is 0 Å². The molecule has 0 aromatic heterocycles. The molecule has 0 aromatic rings. The van der Waals surface area contributed by atoms with Crippen molar-refractivity contribution in [2.75, 3.05) is 13.1 Å². The van der Waals surface area contributed by atoms with E-state index in [4.69, 9.17) is 0 Å². The molecule has 0 radical (unpaired) electrons. The number of hydrogen-bond donors (Lipinski definition) is 2. The van der Waals surface area contributed by atoms with Crippen LogP contribution in [0, 0.1) is 17.8 Å². The van der Waals surface area contributed by atoms with Gasteiger partial charge in [0, 0.05) is 25.4 Å². The highest BCUT2D eigenvalue weighted by Crippen LogP contribution is 2.48. The van der Waals surface area contributed by atoms with Gasteiger partial charge in [0.2, 0.25) is 5.91 Å². The average Bonchev–Trinajstić information content (AvgIpc) is 3.21. The predicted octanol–water partition coefficient (Wildman–Crippen LogP) is 4.86. The minimum absolute atomic E-state index is 0.166. The summed E-state index contributed by atoms with van der Waals surface area (Å²) in [6, 6.07) is 0. The van der Waals surface area contributed by atoms with Crippen LogP contribution < -0.4 is 0 Å². The molecule has 2 aliphatic rings. The van der Waals surface area contributed by atoms with Gasteiger partial charge in [-0.1, -0.05) is 50.0 Å². The molecule has 0 spiro atoms. The highest BCUT2D eigenvalue weighted by atomic mass is 16.3. The van der Waals surface area contributed by atoms with Crippen LogP contribution in [0.15, 0.2) is 23.8 Å². The Morgan fingerprint density at radius 2 is 1.97 bits per heavy atom. The fourth-order valence-electron chi connectivity index (χ4n) is 5.11. The van der Waals surface area contributed by atoms with Gasteiger partial charge in [0.05, 0.1) is 12.2 Å². The van der Waals surface area contributed by atoms with Crippen LogP contribution in [0.3, 0.4) is 0 Å². The van der Waals surface area contributed by atoms with Crippen molar-refractivity contribution in [3.05, 3.63) is 23.8 Å². The maximum Gasteiger partial charge on any atom is 0.222 e. The first-order chi connectivity index (χ1) is 14.0. The van der Waals surface area contributed by atoms with Crippen LogP contribution in [0.25, 0.3) is 0 Å². The summed E-state index contributed by atoms with van der Waals surface area (Å²) in [5.74, 6) is 1.40. The van der Waals surface area contributed by atoms with E-state index >= 15 is 0 Å². The Labute approximate surface area is 178 Å². The lowest BCUT2D eigenvalue weighted by atomic mass is 9.88. The van der Waals surface area contributed by atoms with Crippen LogP contribution in [0.2, 0.25) is 0 Å². The summed E-state index contributed by atoms with van der Waals surface area (Å²) in [5.41, 5.74) is 1.50. The van der Waals surface area contributed by atoms with E-state index in [1.807, 2.05) is 24.8 Å². The monoisotopic (exact) mass is 405 g/mol. The van der Waals surface area contributed by atoms with Crippen molar-refractivity contribution in [1.29, 1.82) is 0 Å². The molecule has 166 valence electrons. The van der Waals surface area contributed by atoms with E-state index in [-0.39, 0.29) is 24.0 Å². The first kappa shape index (κ1) is 24.1. The zero-order valence-electron chi connectivity index (χ0n) is 18.9. The van der Waals surface area contributed by atoms with E-state index in [1.54, 1.807) is 0 Å². The van der Waals surface area contributed by atoms with Crippen molar-refractivity contribution in [3.63, 3.8) is 0 Å². The number of hydrogen-bond acceptors (Lipinski definition) is 3. The number of rotatable bonds is 13. The SMILES string of the molecule is CCCCC[C@H](O)C=C[C@@H]1[C@H]2CC(CCCCC(=O)N(CC)CC)=C[C@H]2C[C@H]1O. The molecular formula is C25H43NO3. The quantitative estimate of drug-likeness (QED) is 0.340. The summed E-state index contributed by atoms with van der Waals surface area (Å²) in [7, 11) is 0. The van der Waals surface area contributed by atoms with Gasteiger partial charge in [-0.2, -0.15) is 0 Å². The topological polar surface area (TPSA) is 60.8 Å². The zero-order chi connectivity index (χ0) is 21.2. The normalized spacial score (nSPS) is 27.3. The second-order valence-corrected chi connectivity index (χ2v) is 8.96. The molecule has 1 fully saturated rings. The van der Waals surface area contributed by atoms with E-state index in [0.717, 1.165) is 64.5 Å². The smallest absolute Gasteiger partial charge is 0.222 e. The van der Waals surface area contributed by atoms with Crippen LogP contribution in [0.1, 0.15) is 85.0 Å². The molecule has 4 heteroatoms. The fourth-order valence-corrected chi connectivity index (χ4v) is 5.11. The molecule has 1 saturated carbocycles. The molecule has 0 saturated heterocycles. The van der Waals surface area contributed by atoms with E-state index in [1.165, 1.54) is 12.0 Å². The highest BCUT2D eigenvalue weighted by molar-refractivity contribution is 5.76. The molecule has 29 heavy (non-hydrogen) atoms. The number of carbonyl (C=O) groups is 1. The Morgan fingerprint density at radius 3 is 2.66 bits per heavy atom. The summed E-state index contributed by atoms with van der Waals surface area (Å²) in [6.07, 6.45) is 15.6. The second kappa shape index (κ2) is 12.5. The molecule has 0 aromatic carbocycles. The Balaban J connectivity index is 1.74. The molecule has 2 rings (SSSR count). The van der Waals surface area contributed by atoms with Crippen molar-refractivity contribution in [1.82, 2.24) is 4.90 Å². The number of unbranched alkanes of at least 4 members (excludes halogenated alkanes) is 3. The number of carbonyl (C=O) groups excluding carboxylic acids is 1. The second-order valence-electron chi connectivity index (χ2n) is 8.96. The molecule has 0 unspecified atom stereocenters. The lowest BCUT2D eigenvalue weighted by molar-refractivity contribution is -0.130. The molecule has 0 aliphatic heterocycles. The molecule has 0 heterocycles. The molecule has 2 N–H and O–H groups in total. The molecule has 5 atom stereocenters. The standard InChI is InChI=1S/C25H43NO3/c1-4-7-8-12-21(27)14-15-22-23-17-19(16-20(23)18-24(22)28)11-9-10-13-25(29)26(5-2)6-3/h14-16,20-24,27-28H,4-13,17-18H2,1-3H3/t20-,21-,22+,23-,24+/m0/s1. The summed E-state index contributed by atoms with van der Waals surface area (Å²) in [6.45, 7) is 7.84. The lowest BCUT2D eigenvalue weighted by Crippen LogP contribution is -2.30. The molecule has 1 amide bonds. The van der Waals surface area contributed by atoms with Crippen molar-refractivity contribution >= 4 is 5.91 Å². The van der Waals surface area contributed by atoms with Crippen LogP contribution in [-0.4, -0.2) is 46.3 Å². The summed E-state index contributed by atoms with van der Waals surface area (Å²) in [5, 5.41) is 20.6. The molecule has 2 aliphatic carbocycles. The van der Waals surface area contributed by atoms with Gasteiger partial charge >= 0.3 is 0 Å². The average molecular weight is 406 g/mol. The first-order valence-corrected chi connectivity index (χ1v) is 12.0. The number of allylic oxidation sites excluding steroid dienone is 2. The Bertz CT molecular complexity index is 552. The van der Waals surface area contributed by atoms with E-state index in [2.05, 4.69) is 19.1 Å². The van der Waals surface area contributed by atoms with Crippen molar-refractivity contribution in [2.45, 2.75) is 97.2 Å². The van der Waals surface area contributed by atoms with Crippen LogP contribution in [0.5, 0.6) is 0 Å². The highest BCUT2D eigenvalue weighted by Gasteiger charge is 2.43. The zero-order valence-corrected chi connectivity index (χ0v) is 18.9. The van der Waals surface area contributed by atoms with E-state index < -0.39 is 0 Å². The minimum atomic E-state index is -0.384. The van der Waals surface area contributed by atoms with Crippen molar-refractivity contribution < 1.29 is 15.0 Å². The van der Waals surface area contributed by atoms with Gasteiger partial charge in [-0.05, 0) is 64.2 Å². The van der Waals surface area contributed by atoms with Crippen molar-refractivity contribution in [3.8, 4) is 0 Å². The van der Waals surface area contributed by atoms with Gasteiger partial charge in [-0.15, -0.1) is 0 Å². The number of nitrogens with zero attached hydrogens (tertiary/aromatic N) is 1. The Hall–Kier alpha value is -1.13. The largest absolute Gasteiger partial charge is 0.392 e. The van der Waals surface area contributed by atoms with E-state index in [9.17, 15) is 15.0 Å². The summed E-state index contributed by atoms with van der Waals surface area (Å²) in [4.78, 5) is 14.0. The third kappa shape index (κ3) is 7.25. The molecule has 4 nitrogen and oxygen atoms in total. The maximum atomic E-state index is 12.1.